The number of nitrogens with zero attached hydrogens (tertiary/aromatic N) is 1. The SMILES string of the molecule is C/C=C(\O/C=C(\C)CC)C1=C(O)C(c2cnco2)C1=O. The number of allylic oxidation sites excluding steroid dienone is 4. The molecule has 1 atom stereocenters. The predicted octanol–water partition coefficient (Wildman–Crippen LogP) is 3.39. The van der Waals surface area contributed by atoms with Crippen molar-refractivity contribution in [2.45, 2.75) is 33.1 Å². The Morgan fingerprint density at radius 1 is 1.60 bits per heavy atom. The monoisotopic (exact) mass is 275 g/mol. The number of aromatic nitrogens is 1. The van der Waals surface area contributed by atoms with Crippen LogP contribution in [0.1, 0.15) is 38.9 Å². The highest BCUT2D eigenvalue weighted by molar-refractivity contribution is 6.12. The first kappa shape index (κ1) is 14.1. The zero-order chi connectivity index (χ0) is 14.7. The van der Waals surface area contributed by atoms with Crippen LogP contribution in [-0.4, -0.2) is 15.9 Å². The molecule has 1 aliphatic rings. The van der Waals surface area contributed by atoms with Gasteiger partial charge in [0, 0.05) is 0 Å². The molecule has 1 N–H and O–H groups in total. The van der Waals surface area contributed by atoms with Crippen LogP contribution < -0.4 is 0 Å². The number of carbonyl (C=O) groups excluding carboxylic acids is 1. The van der Waals surface area contributed by atoms with E-state index in [1.165, 1.54) is 12.6 Å². The van der Waals surface area contributed by atoms with Crippen molar-refractivity contribution >= 4 is 5.78 Å². The molecule has 106 valence electrons. The fourth-order valence-electron chi connectivity index (χ4n) is 1.86. The summed E-state index contributed by atoms with van der Waals surface area (Å²) >= 11 is 0. The van der Waals surface area contributed by atoms with Crippen LogP contribution in [0.25, 0.3) is 0 Å². The van der Waals surface area contributed by atoms with Gasteiger partial charge < -0.3 is 14.3 Å². The first-order valence-corrected chi connectivity index (χ1v) is 6.44. The molecule has 1 unspecified atom stereocenters. The minimum Gasteiger partial charge on any atom is -0.510 e. The molecule has 0 bridgehead atoms. The quantitative estimate of drug-likeness (QED) is 0.834. The molecular weight excluding hydrogens is 258 g/mol. The van der Waals surface area contributed by atoms with Crippen LogP contribution in [0.4, 0.5) is 0 Å². The van der Waals surface area contributed by atoms with Gasteiger partial charge in [0.15, 0.2) is 12.2 Å². The highest BCUT2D eigenvalue weighted by Crippen LogP contribution is 2.41. The number of carbonyl (C=O) groups is 1. The molecular formula is C15H17NO4. The second kappa shape index (κ2) is 5.77. The molecule has 1 heterocycles. The summed E-state index contributed by atoms with van der Waals surface area (Å²) in [5.41, 5.74) is 1.25. The van der Waals surface area contributed by atoms with Gasteiger partial charge in [-0.1, -0.05) is 6.92 Å². The molecule has 0 aliphatic heterocycles. The summed E-state index contributed by atoms with van der Waals surface area (Å²) in [7, 11) is 0. The summed E-state index contributed by atoms with van der Waals surface area (Å²) in [5.74, 6) is -0.331. The van der Waals surface area contributed by atoms with Crippen molar-refractivity contribution in [1.29, 1.82) is 0 Å². The van der Waals surface area contributed by atoms with E-state index in [0.717, 1.165) is 12.0 Å². The van der Waals surface area contributed by atoms with Crippen molar-refractivity contribution in [1.82, 2.24) is 4.98 Å². The van der Waals surface area contributed by atoms with Gasteiger partial charge in [0.1, 0.15) is 23.2 Å². The van der Waals surface area contributed by atoms with Gasteiger partial charge in [0.2, 0.25) is 0 Å². The molecule has 0 saturated carbocycles. The smallest absolute Gasteiger partial charge is 0.188 e. The largest absolute Gasteiger partial charge is 0.510 e. The lowest BCUT2D eigenvalue weighted by molar-refractivity contribution is -0.119. The number of ketones is 1. The van der Waals surface area contributed by atoms with E-state index >= 15 is 0 Å². The number of Topliss-reactive ketones (excluding diaryl/α,β-unsaturated/α-hetero) is 1. The van der Waals surface area contributed by atoms with Crippen molar-refractivity contribution in [3.8, 4) is 0 Å². The van der Waals surface area contributed by atoms with Crippen LogP contribution in [0.5, 0.6) is 0 Å². The van der Waals surface area contributed by atoms with Crippen molar-refractivity contribution in [3.63, 3.8) is 0 Å². The van der Waals surface area contributed by atoms with E-state index in [1.807, 2.05) is 13.8 Å². The van der Waals surface area contributed by atoms with E-state index in [0.29, 0.717) is 11.5 Å². The Morgan fingerprint density at radius 3 is 2.85 bits per heavy atom. The zero-order valence-corrected chi connectivity index (χ0v) is 11.7. The summed E-state index contributed by atoms with van der Waals surface area (Å²) in [5, 5.41) is 10.1. The molecule has 0 amide bonds. The summed E-state index contributed by atoms with van der Waals surface area (Å²) in [6, 6.07) is 0. The Balaban J connectivity index is 2.22. The van der Waals surface area contributed by atoms with Gasteiger partial charge in [-0.3, -0.25) is 4.79 Å². The highest BCUT2D eigenvalue weighted by Gasteiger charge is 2.44. The van der Waals surface area contributed by atoms with Gasteiger partial charge >= 0.3 is 0 Å². The van der Waals surface area contributed by atoms with Crippen LogP contribution in [0.2, 0.25) is 0 Å². The Hall–Kier alpha value is -2.30. The summed E-state index contributed by atoms with van der Waals surface area (Å²) in [6.45, 7) is 5.69. The molecule has 0 fully saturated rings. The molecule has 1 aromatic rings. The van der Waals surface area contributed by atoms with Crippen LogP contribution in [0.15, 0.2) is 52.0 Å². The molecule has 5 heteroatoms. The fraction of sp³-hybridized carbons (Fsp3) is 0.333. The third-order valence-electron chi connectivity index (χ3n) is 3.23. The Labute approximate surface area is 117 Å². The molecule has 20 heavy (non-hydrogen) atoms. The maximum absolute atomic E-state index is 12.1. The summed E-state index contributed by atoms with van der Waals surface area (Å²) < 4.78 is 10.5. The topological polar surface area (TPSA) is 72.6 Å². The molecule has 1 aliphatic carbocycles. The van der Waals surface area contributed by atoms with Gasteiger partial charge in [-0.05, 0) is 31.9 Å². The maximum Gasteiger partial charge on any atom is 0.188 e. The van der Waals surface area contributed by atoms with Crippen LogP contribution in [-0.2, 0) is 9.53 Å². The summed E-state index contributed by atoms with van der Waals surface area (Å²) in [4.78, 5) is 15.9. The van der Waals surface area contributed by atoms with Gasteiger partial charge in [-0.2, -0.15) is 0 Å². The number of ether oxygens (including phenoxy) is 1. The van der Waals surface area contributed by atoms with E-state index in [-0.39, 0.29) is 17.1 Å². The highest BCUT2D eigenvalue weighted by atomic mass is 16.5. The van der Waals surface area contributed by atoms with E-state index in [1.54, 1.807) is 19.3 Å². The predicted molar refractivity (Wildman–Crippen MR) is 72.8 cm³/mol. The first-order chi connectivity index (χ1) is 9.60. The lowest BCUT2D eigenvalue weighted by Gasteiger charge is -2.26. The lowest BCUT2D eigenvalue weighted by Crippen LogP contribution is -2.30. The first-order valence-electron chi connectivity index (χ1n) is 6.44. The third kappa shape index (κ3) is 2.39. The Kier molecular flexibility index (Phi) is 4.08. The minimum absolute atomic E-state index is 0.0394. The van der Waals surface area contributed by atoms with Crippen molar-refractivity contribution < 1.29 is 19.1 Å². The minimum atomic E-state index is -0.762. The number of aliphatic hydroxyl groups is 1. The Morgan fingerprint density at radius 2 is 2.35 bits per heavy atom. The number of oxazole rings is 1. The van der Waals surface area contributed by atoms with Crippen molar-refractivity contribution in [2.75, 3.05) is 0 Å². The maximum atomic E-state index is 12.1. The lowest BCUT2D eigenvalue weighted by atomic mass is 9.79. The second-order valence-corrected chi connectivity index (χ2v) is 4.55. The Bertz CT molecular complexity index is 593. The van der Waals surface area contributed by atoms with Crippen LogP contribution in [0.3, 0.4) is 0 Å². The van der Waals surface area contributed by atoms with E-state index in [2.05, 4.69) is 4.98 Å². The van der Waals surface area contributed by atoms with Gasteiger partial charge in [-0.15, -0.1) is 0 Å². The molecule has 0 saturated heterocycles. The number of hydrogen-bond acceptors (Lipinski definition) is 5. The fourth-order valence-corrected chi connectivity index (χ4v) is 1.86. The van der Waals surface area contributed by atoms with Gasteiger partial charge in [0.05, 0.1) is 18.0 Å². The zero-order valence-electron chi connectivity index (χ0n) is 11.7. The van der Waals surface area contributed by atoms with Gasteiger partial charge in [-0.25, -0.2) is 4.98 Å². The average molecular weight is 275 g/mol. The average Bonchev–Trinajstić information content (AvgIpc) is 2.96. The van der Waals surface area contributed by atoms with E-state index in [9.17, 15) is 9.90 Å². The van der Waals surface area contributed by atoms with Crippen molar-refractivity contribution in [3.05, 3.63) is 53.4 Å². The van der Waals surface area contributed by atoms with E-state index in [4.69, 9.17) is 9.15 Å². The van der Waals surface area contributed by atoms with Gasteiger partial charge in [0.25, 0.3) is 0 Å². The molecule has 0 radical (unpaired) electrons. The second-order valence-electron chi connectivity index (χ2n) is 4.55. The van der Waals surface area contributed by atoms with Crippen LogP contribution in [0, 0.1) is 0 Å². The molecule has 2 rings (SSSR count). The van der Waals surface area contributed by atoms with Crippen LogP contribution >= 0.6 is 0 Å². The van der Waals surface area contributed by atoms with Crippen molar-refractivity contribution in [2.24, 2.45) is 0 Å². The summed E-state index contributed by atoms with van der Waals surface area (Å²) in [6.07, 6.45) is 6.75. The molecule has 1 aromatic heterocycles. The standard InChI is InChI=1S/C15H17NO4/c1-4-9(3)7-19-10(5-2)12-14(17)13(15(12)18)11-6-16-8-20-11/h5-8,13,17H,4H2,1-3H3/b9-7+,10-5-. The normalized spacial score (nSPS) is 20.1. The number of aliphatic hydroxyl groups excluding tert-OH is 1. The van der Waals surface area contributed by atoms with E-state index < -0.39 is 5.92 Å². The molecule has 5 nitrogen and oxygen atoms in total. The third-order valence-corrected chi connectivity index (χ3v) is 3.23. The molecule has 0 spiro atoms. The number of hydrogen-bond donors (Lipinski definition) is 1. The molecule has 0 aromatic carbocycles. The number of rotatable bonds is 5.